The lowest BCUT2D eigenvalue weighted by molar-refractivity contribution is -0.156. The van der Waals surface area contributed by atoms with Gasteiger partial charge in [-0.15, -0.1) is 0 Å². The molecule has 48 heavy (non-hydrogen) atoms. The van der Waals surface area contributed by atoms with Gasteiger partial charge in [0.05, 0.1) is 0 Å². The highest BCUT2D eigenvalue weighted by molar-refractivity contribution is 5.99. The summed E-state index contributed by atoms with van der Waals surface area (Å²) in [5.41, 5.74) is 7.28. The van der Waals surface area contributed by atoms with Crippen LogP contribution in [0.5, 0.6) is 0 Å². The van der Waals surface area contributed by atoms with Gasteiger partial charge < -0.3 is 20.4 Å². The number of halogens is 6. The fraction of sp³-hybridized carbons (Fsp3) is 0.529. The second-order valence-corrected chi connectivity index (χ2v) is 12.8. The zero-order valence-corrected chi connectivity index (χ0v) is 26.2. The molecule has 260 valence electrons. The fourth-order valence-corrected chi connectivity index (χ4v) is 6.67. The minimum absolute atomic E-state index is 0.241. The summed E-state index contributed by atoms with van der Waals surface area (Å²) in [6.45, 7) is 5.47. The third kappa shape index (κ3) is 9.01. The Balaban J connectivity index is 0.000000142. The first-order valence-corrected chi connectivity index (χ1v) is 16.1. The maximum absolute atomic E-state index is 12.7. The Labute approximate surface area is 274 Å². The molecular formula is C34H38F6N4O4. The standard InChI is InChI=1S/2C15H18N2O.2C2HF3O/c18-15-14-4-3-11(10-1-2-10)7-12(14)8-13-9-16-5-6-17(13)15;18-15-14-11(2-1-3-13(14)10-4-5-10)8-12-9-16-6-7-17(12)15;2*3-2(4,5)1-6/h3-4,7,10,13,16H,1-2,5-6,8-9H2;1-3,10,12,16H,4-9H2;2*1H/t13-;12-;;/m11../s1. The third-order valence-electron chi connectivity index (χ3n) is 9.22. The summed E-state index contributed by atoms with van der Waals surface area (Å²) >= 11 is 0. The lowest BCUT2D eigenvalue weighted by Gasteiger charge is -2.41. The Kier molecular flexibility index (Phi) is 10.9. The molecule has 0 radical (unpaired) electrons. The van der Waals surface area contributed by atoms with E-state index in [1.54, 1.807) is 0 Å². The van der Waals surface area contributed by atoms with Crippen molar-refractivity contribution < 1.29 is 45.5 Å². The molecule has 8 rings (SSSR count). The first-order valence-electron chi connectivity index (χ1n) is 16.1. The Morgan fingerprint density at radius 3 is 1.73 bits per heavy atom. The highest BCUT2D eigenvalue weighted by atomic mass is 19.4. The van der Waals surface area contributed by atoms with Crippen LogP contribution in [0.4, 0.5) is 26.3 Å². The van der Waals surface area contributed by atoms with Crippen molar-refractivity contribution in [1.29, 1.82) is 0 Å². The van der Waals surface area contributed by atoms with Gasteiger partial charge in [0.25, 0.3) is 11.8 Å². The van der Waals surface area contributed by atoms with Crippen molar-refractivity contribution in [1.82, 2.24) is 20.4 Å². The van der Waals surface area contributed by atoms with Crippen LogP contribution in [0.15, 0.2) is 36.4 Å². The van der Waals surface area contributed by atoms with E-state index in [0.29, 0.717) is 18.0 Å². The van der Waals surface area contributed by atoms with Crippen LogP contribution in [0, 0.1) is 0 Å². The molecule has 2 saturated carbocycles. The minimum atomic E-state index is -4.64. The van der Waals surface area contributed by atoms with Crippen LogP contribution in [0.3, 0.4) is 0 Å². The van der Waals surface area contributed by atoms with Crippen molar-refractivity contribution in [3.63, 3.8) is 0 Å². The van der Waals surface area contributed by atoms with Crippen molar-refractivity contribution in [2.45, 2.75) is 74.8 Å². The predicted molar refractivity (Wildman–Crippen MR) is 164 cm³/mol. The fourth-order valence-electron chi connectivity index (χ4n) is 6.67. The largest absolute Gasteiger partial charge is 0.446 e. The van der Waals surface area contributed by atoms with Gasteiger partial charge in [0.15, 0.2) is 0 Å². The molecule has 2 saturated heterocycles. The van der Waals surface area contributed by atoms with Gasteiger partial charge in [-0.25, -0.2) is 0 Å². The molecule has 4 heterocycles. The van der Waals surface area contributed by atoms with Crippen molar-refractivity contribution in [3.05, 3.63) is 69.8 Å². The number of nitrogens with zero attached hydrogens (tertiary/aromatic N) is 2. The Bertz CT molecular complexity index is 1480. The van der Waals surface area contributed by atoms with E-state index in [1.807, 2.05) is 0 Å². The molecule has 4 aliphatic heterocycles. The number of alkyl halides is 6. The normalized spacial score (nSPS) is 22.9. The Hall–Kier alpha value is -3.78. The molecule has 14 heteroatoms. The lowest BCUT2D eigenvalue weighted by Crippen LogP contribution is -2.56. The number of carbonyl (C=O) groups excluding carboxylic acids is 4. The Morgan fingerprint density at radius 2 is 1.21 bits per heavy atom. The van der Waals surface area contributed by atoms with Crippen molar-refractivity contribution >= 4 is 24.4 Å². The van der Waals surface area contributed by atoms with E-state index >= 15 is 0 Å². The van der Waals surface area contributed by atoms with Crippen LogP contribution < -0.4 is 10.6 Å². The van der Waals surface area contributed by atoms with Crippen molar-refractivity contribution in [2.75, 3.05) is 39.3 Å². The van der Waals surface area contributed by atoms with Gasteiger partial charge in [-0.05, 0) is 78.7 Å². The summed E-state index contributed by atoms with van der Waals surface area (Å²) in [5.74, 6) is 1.95. The second-order valence-electron chi connectivity index (χ2n) is 12.8. The smallest absolute Gasteiger partial charge is 0.333 e. The summed E-state index contributed by atoms with van der Waals surface area (Å²) in [6, 6.07) is 13.7. The van der Waals surface area contributed by atoms with Crippen LogP contribution in [0.2, 0.25) is 0 Å². The van der Waals surface area contributed by atoms with E-state index < -0.39 is 24.9 Å². The second kappa shape index (κ2) is 14.8. The number of carbonyl (C=O) groups is 4. The molecule has 6 aliphatic rings. The maximum atomic E-state index is 12.7. The number of hydrogen-bond acceptors (Lipinski definition) is 6. The monoisotopic (exact) mass is 680 g/mol. The molecule has 2 aliphatic carbocycles. The van der Waals surface area contributed by atoms with Crippen LogP contribution in [0.1, 0.15) is 80.5 Å². The number of benzene rings is 2. The summed E-state index contributed by atoms with van der Waals surface area (Å²) in [6.07, 6.45) is -4.19. The molecule has 2 atom stereocenters. The molecule has 0 bridgehead atoms. The quantitative estimate of drug-likeness (QED) is 0.357. The number of piperazine rings is 2. The van der Waals surface area contributed by atoms with Gasteiger partial charge in [0, 0.05) is 62.5 Å². The number of hydrogen-bond donors (Lipinski definition) is 2. The van der Waals surface area contributed by atoms with Crippen molar-refractivity contribution in [2.24, 2.45) is 0 Å². The summed E-state index contributed by atoms with van der Waals surface area (Å²) in [4.78, 5) is 46.7. The van der Waals surface area contributed by atoms with Crippen LogP contribution >= 0.6 is 0 Å². The molecule has 0 unspecified atom stereocenters. The zero-order valence-electron chi connectivity index (χ0n) is 26.2. The van der Waals surface area contributed by atoms with Crippen molar-refractivity contribution in [3.8, 4) is 0 Å². The summed E-state index contributed by atoms with van der Waals surface area (Å²) in [5, 5.41) is 6.78. The van der Waals surface area contributed by atoms with Crippen LogP contribution in [-0.2, 0) is 22.4 Å². The van der Waals surface area contributed by atoms with Gasteiger partial charge in [-0.2, -0.15) is 26.3 Å². The molecule has 2 aromatic rings. The SMILES string of the molecule is O=C1c2c(cccc2C2CC2)C[C@@H]2CNCCN12.O=C1c2ccc(C3CC3)cc2C[C@@H]2CNCCN12.O=CC(F)(F)F.O=CC(F)(F)F. The van der Waals surface area contributed by atoms with Gasteiger partial charge in [-0.3, -0.25) is 19.2 Å². The van der Waals surface area contributed by atoms with E-state index in [1.165, 1.54) is 47.9 Å². The molecule has 2 aromatic carbocycles. The molecule has 8 nitrogen and oxygen atoms in total. The average molecular weight is 681 g/mol. The summed E-state index contributed by atoms with van der Waals surface area (Å²) in [7, 11) is 0. The van der Waals surface area contributed by atoms with E-state index in [0.717, 1.165) is 69.2 Å². The third-order valence-corrected chi connectivity index (χ3v) is 9.22. The topological polar surface area (TPSA) is 98.8 Å². The predicted octanol–water partition coefficient (Wildman–Crippen LogP) is 4.56. The molecule has 4 fully saturated rings. The van der Waals surface area contributed by atoms with E-state index in [9.17, 15) is 35.9 Å². The van der Waals surface area contributed by atoms with Crippen LogP contribution in [0.25, 0.3) is 0 Å². The maximum Gasteiger partial charge on any atom is 0.446 e. The van der Waals surface area contributed by atoms with Gasteiger partial charge in [0.2, 0.25) is 12.6 Å². The molecule has 2 N–H and O–H groups in total. The Morgan fingerprint density at radius 1 is 0.688 bits per heavy atom. The first-order chi connectivity index (χ1) is 22.8. The van der Waals surface area contributed by atoms with E-state index in [4.69, 9.17) is 9.59 Å². The van der Waals surface area contributed by atoms with Crippen LogP contribution in [-0.4, -0.2) is 97.9 Å². The molecule has 0 spiro atoms. The molecular weight excluding hydrogens is 642 g/mol. The highest BCUT2D eigenvalue weighted by Crippen LogP contribution is 2.44. The van der Waals surface area contributed by atoms with Gasteiger partial charge in [0.1, 0.15) is 0 Å². The number of nitrogens with one attached hydrogen (secondary N) is 2. The van der Waals surface area contributed by atoms with E-state index in [2.05, 4.69) is 56.8 Å². The highest BCUT2D eigenvalue weighted by Gasteiger charge is 2.38. The molecule has 2 amide bonds. The minimum Gasteiger partial charge on any atom is -0.333 e. The number of aldehydes is 2. The first kappa shape index (κ1) is 35.5. The van der Waals surface area contributed by atoms with Gasteiger partial charge >= 0.3 is 12.4 Å². The lowest BCUT2D eigenvalue weighted by atomic mass is 9.87. The number of amides is 2. The van der Waals surface area contributed by atoms with Gasteiger partial charge in [-0.1, -0.05) is 30.3 Å². The van der Waals surface area contributed by atoms with E-state index in [-0.39, 0.29) is 11.8 Å². The summed E-state index contributed by atoms with van der Waals surface area (Å²) < 4.78 is 62.5. The molecule has 0 aromatic heterocycles. The average Bonchev–Trinajstić information content (AvgIpc) is 3.99. The number of fused-ring (bicyclic) bond motifs is 4. The number of rotatable bonds is 2. The zero-order chi connectivity index (χ0) is 34.6.